The molecule has 1 aromatic rings. The fourth-order valence-corrected chi connectivity index (χ4v) is 4.40. The zero-order valence-electron chi connectivity index (χ0n) is 15.0. The second-order valence-electron chi connectivity index (χ2n) is 8.55. The molecule has 23 heavy (non-hydrogen) atoms. The molecule has 2 N–H and O–H groups in total. The van der Waals surface area contributed by atoms with E-state index in [1.807, 2.05) is 0 Å². The number of nitrogens with two attached hydrogens (primary N) is 1. The van der Waals surface area contributed by atoms with Crippen LogP contribution in [-0.4, -0.2) is 26.3 Å². The molecule has 2 aliphatic rings. The molecule has 0 saturated carbocycles. The highest BCUT2D eigenvalue weighted by Gasteiger charge is 2.34. The summed E-state index contributed by atoms with van der Waals surface area (Å²) < 4.78 is 5.47. The molecule has 0 amide bonds. The number of morpholine rings is 1. The molecular formula is C20H30N2O. The van der Waals surface area contributed by atoms with Gasteiger partial charge in [0.05, 0.1) is 13.2 Å². The van der Waals surface area contributed by atoms with E-state index in [4.69, 9.17) is 10.5 Å². The minimum absolute atomic E-state index is 0.221. The van der Waals surface area contributed by atoms with Gasteiger partial charge in [0.25, 0.3) is 0 Å². The van der Waals surface area contributed by atoms with Crippen LogP contribution in [0.15, 0.2) is 24.3 Å². The number of rotatable bonds is 2. The van der Waals surface area contributed by atoms with Gasteiger partial charge in [-0.1, -0.05) is 33.8 Å². The molecule has 1 saturated heterocycles. The summed E-state index contributed by atoms with van der Waals surface area (Å²) in [6, 6.07) is 6.49. The molecule has 1 aromatic carbocycles. The van der Waals surface area contributed by atoms with Crippen molar-refractivity contribution in [2.24, 2.45) is 10.8 Å². The molecule has 0 radical (unpaired) electrons. The molecule has 126 valence electrons. The van der Waals surface area contributed by atoms with Gasteiger partial charge in [-0.3, -0.25) is 0 Å². The average molecular weight is 314 g/mol. The first kappa shape index (κ1) is 16.4. The Morgan fingerprint density at radius 1 is 1.09 bits per heavy atom. The summed E-state index contributed by atoms with van der Waals surface area (Å²) in [6.07, 6.45) is 4.74. The van der Waals surface area contributed by atoms with Gasteiger partial charge in [0.2, 0.25) is 0 Å². The Hall–Kier alpha value is -1.48. The quantitative estimate of drug-likeness (QED) is 0.826. The van der Waals surface area contributed by atoms with E-state index in [1.54, 1.807) is 0 Å². The highest BCUT2D eigenvalue weighted by Crippen LogP contribution is 2.48. The number of nitrogen functional groups attached to an aromatic ring is 1. The summed E-state index contributed by atoms with van der Waals surface area (Å²) in [4.78, 5) is 2.39. The first-order valence-corrected chi connectivity index (χ1v) is 8.70. The number of benzene rings is 1. The smallest absolute Gasteiger partial charge is 0.0642 e. The summed E-state index contributed by atoms with van der Waals surface area (Å²) >= 11 is 0. The fraction of sp³-hybridized carbons (Fsp3) is 0.600. The predicted molar refractivity (Wildman–Crippen MR) is 98.7 cm³/mol. The summed E-state index contributed by atoms with van der Waals surface area (Å²) in [6.45, 7) is 12.9. The number of nitrogens with zero attached hydrogens (tertiary/aromatic N) is 1. The standard InChI is InChI=1S/C20H30N2O/c1-19(2)12-15(13-20(3,4)14-19)17-11-16(5-6-18(17)21)22-7-9-23-10-8-22/h5-6,11-12H,7-10,13-14,21H2,1-4H3. The zero-order chi connectivity index (χ0) is 16.7. The van der Waals surface area contributed by atoms with Gasteiger partial charge < -0.3 is 15.4 Å². The molecule has 3 rings (SSSR count). The van der Waals surface area contributed by atoms with E-state index in [0.29, 0.717) is 5.41 Å². The van der Waals surface area contributed by atoms with Crippen LogP contribution < -0.4 is 10.6 Å². The number of hydrogen-bond acceptors (Lipinski definition) is 3. The molecular weight excluding hydrogens is 284 g/mol. The maximum absolute atomic E-state index is 6.34. The summed E-state index contributed by atoms with van der Waals surface area (Å²) in [5.74, 6) is 0. The third-order valence-corrected chi connectivity index (χ3v) is 4.93. The van der Waals surface area contributed by atoms with Crippen molar-refractivity contribution in [1.82, 2.24) is 0 Å². The van der Waals surface area contributed by atoms with Crippen LogP contribution in [-0.2, 0) is 4.74 Å². The topological polar surface area (TPSA) is 38.5 Å². The zero-order valence-corrected chi connectivity index (χ0v) is 15.0. The van der Waals surface area contributed by atoms with Crippen LogP contribution in [0.5, 0.6) is 0 Å². The summed E-state index contributed by atoms with van der Waals surface area (Å²) in [5, 5.41) is 0. The molecule has 0 unspecified atom stereocenters. The lowest BCUT2D eigenvalue weighted by Gasteiger charge is -2.40. The highest BCUT2D eigenvalue weighted by atomic mass is 16.5. The van der Waals surface area contributed by atoms with Crippen molar-refractivity contribution in [3.63, 3.8) is 0 Å². The normalized spacial score (nSPS) is 23.5. The Kier molecular flexibility index (Phi) is 4.18. The first-order valence-electron chi connectivity index (χ1n) is 8.70. The van der Waals surface area contributed by atoms with Crippen LogP contribution in [0.1, 0.15) is 46.1 Å². The Balaban J connectivity index is 1.97. The molecule has 0 atom stereocenters. The number of anilines is 2. The molecule has 3 heteroatoms. The third-order valence-electron chi connectivity index (χ3n) is 4.93. The molecule has 3 nitrogen and oxygen atoms in total. The second-order valence-corrected chi connectivity index (χ2v) is 8.55. The van der Waals surface area contributed by atoms with Crippen LogP contribution in [0, 0.1) is 10.8 Å². The fourth-order valence-electron chi connectivity index (χ4n) is 4.40. The van der Waals surface area contributed by atoms with E-state index in [2.05, 4.69) is 56.9 Å². The van der Waals surface area contributed by atoms with E-state index in [0.717, 1.165) is 38.4 Å². The Bertz CT molecular complexity index is 610. The van der Waals surface area contributed by atoms with E-state index in [-0.39, 0.29) is 5.41 Å². The van der Waals surface area contributed by atoms with Crippen LogP contribution in [0.3, 0.4) is 0 Å². The van der Waals surface area contributed by atoms with E-state index < -0.39 is 0 Å². The first-order chi connectivity index (χ1) is 10.8. The Labute approximate surface area is 140 Å². The highest BCUT2D eigenvalue weighted by molar-refractivity contribution is 5.79. The van der Waals surface area contributed by atoms with Crippen molar-refractivity contribution in [2.75, 3.05) is 36.9 Å². The van der Waals surface area contributed by atoms with Gasteiger partial charge in [-0.25, -0.2) is 0 Å². The minimum Gasteiger partial charge on any atom is -0.398 e. The third kappa shape index (κ3) is 3.72. The van der Waals surface area contributed by atoms with Crippen LogP contribution >= 0.6 is 0 Å². The molecule has 1 aliphatic heterocycles. The molecule has 1 fully saturated rings. The second kappa shape index (κ2) is 5.86. The monoisotopic (exact) mass is 314 g/mol. The number of ether oxygens (including phenoxy) is 1. The molecule has 1 aliphatic carbocycles. The van der Waals surface area contributed by atoms with Gasteiger partial charge in [0.1, 0.15) is 0 Å². The number of hydrogen-bond donors (Lipinski definition) is 1. The summed E-state index contributed by atoms with van der Waals surface area (Å²) in [7, 11) is 0. The largest absolute Gasteiger partial charge is 0.398 e. The van der Waals surface area contributed by atoms with Crippen molar-refractivity contribution in [3.05, 3.63) is 29.8 Å². The van der Waals surface area contributed by atoms with Crippen molar-refractivity contribution >= 4 is 16.9 Å². The lowest BCUT2D eigenvalue weighted by Crippen LogP contribution is -2.36. The summed E-state index contributed by atoms with van der Waals surface area (Å²) in [5.41, 5.74) is 11.7. The molecule has 0 aromatic heterocycles. The molecule has 0 spiro atoms. The van der Waals surface area contributed by atoms with Gasteiger partial charge in [0.15, 0.2) is 0 Å². The van der Waals surface area contributed by atoms with Crippen LogP contribution in [0.2, 0.25) is 0 Å². The predicted octanol–water partition coefficient (Wildman–Crippen LogP) is 4.34. The molecule has 1 heterocycles. The van der Waals surface area contributed by atoms with Gasteiger partial charge >= 0.3 is 0 Å². The lowest BCUT2D eigenvalue weighted by molar-refractivity contribution is 0.122. The van der Waals surface area contributed by atoms with Crippen LogP contribution in [0.4, 0.5) is 11.4 Å². The number of allylic oxidation sites excluding steroid dienone is 2. The Morgan fingerprint density at radius 2 is 1.78 bits per heavy atom. The van der Waals surface area contributed by atoms with Gasteiger partial charge in [-0.15, -0.1) is 0 Å². The maximum atomic E-state index is 6.34. The van der Waals surface area contributed by atoms with Crippen molar-refractivity contribution in [1.29, 1.82) is 0 Å². The van der Waals surface area contributed by atoms with Crippen LogP contribution in [0.25, 0.3) is 5.57 Å². The van der Waals surface area contributed by atoms with Gasteiger partial charge in [0, 0.05) is 30.0 Å². The Morgan fingerprint density at radius 3 is 2.43 bits per heavy atom. The minimum atomic E-state index is 0.221. The average Bonchev–Trinajstić information content (AvgIpc) is 2.45. The van der Waals surface area contributed by atoms with Gasteiger partial charge in [-0.2, -0.15) is 0 Å². The van der Waals surface area contributed by atoms with Crippen molar-refractivity contribution in [2.45, 2.75) is 40.5 Å². The SMILES string of the molecule is CC1(C)C=C(c2cc(N3CCOCC3)ccc2N)CC(C)(C)C1. The van der Waals surface area contributed by atoms with E-state index in [9.17, 15) is 0 Å². The van der Waals surface area contributed by atoms with E-state index in [1.165, 1.54) is 23.2 Å². The van der Waals surface area contributed by atoms with Crippen molar-refractivity contribution in [3.8, 4) is 0 Å². The van der Waals surface area contributed by atoms with Crippen molar-refractivity contribution < 1.29 is 4.74 Å². The molecule has 0 bridgehead atoms. The van der Waals surface area contributed by atoms with E-state index >= 15 is 0 Å². The lowest BCUT2D eigenvalue weighted by atomic mass is 9.65. The maximum Gasteiger partial charge on any atom is 0.0642 e. The van der Waals surface area contributed by atoms with Gasteiger partial charge in [-0.05, 0) is 47.4 Å².